The molecule has 0 amide bonds. The first-order valence-electron chi connectivity index (χ1n) is 8.08. The summed E-state index contributed by atoms with van der Waals surface area (Å²) in [5.74, 6) is 0. The fourth-order valence-electron chi connectivity index (χ4n) is 2.45. The van der Waals surface area contributed by atoms with Crippen molar-refractivity contribution in [2.45, 2.75) is 78.5 Å². The van der Waals surface area contributed by atoms with Crippen molar-refractivity contribution in [1.29, 1.82) is 0 Å². The van der Waals surface area contributed by atoms with Gasteiger partial charge in [0.05, 0.1) is 0 Å². The summed E-state index contributed by atoms with van der Waals surface area (Å²) >= 11 is 0. The summed E-state index contributed by atoms with van der Waals surface area (Å²) in [5.41, 5.74) is 1.99. The van der Waals surface area contributed by atoms with E-state index in [0.29, 0.717) is 15.8 Å². The predicted octanol–water partition coefficient (Wildman–Crippen LogP) is 6.37. The topological polar surface area (TPSA) is 0 Å². The van der Waals surface area contributed by atoms with Crippen LogP contribution >= 0.6 is 15.8 Å². The molecule has 0 heterocycles. The summed E-state index contributed by atoms with van der Waals surface area (Å²) < 4.78 is 0. The Morgan fingerprint density at radius 2 is 0.944 bits per heavy atom. The van der Waals surface area contributed by atoms with Crippen LogP contribution in [0.1, 0.15) is 67.2 Å². The van der Waals surface area contributed by atoms with Crippen LogP contribution in [0.5, 0.6) is 0 Å². The summed E-state index contributed by atoms with van der Waals surface area (Å²) in [6, 6.07) is 0. The summed E-state index contributed by atoms with van der Waals surface area (Å²) in [4.78, 5) is 0. The van der Waals surface area contributed by atoms with E-state index < -0.39 is 0 Å². The molecule has 0 N–H and O–H groups in total. The minimum Gasteiger partial charge on any atom is -0.103 e. The second kappa shape index (κ2) is 11.7. The molecule has 4 atom stereocenters. The number of hydrogen-bond acceptors (Lipinski definition) is 0. The first-order valence-corrected chi connectivity index (χ1v) is 11.6. The molecule has 0 saturated heterocycles. The van der Waals surface area contributed by atoms with Gasteiger partial charge >= 0.3 is 0 Å². The zero-order chi connectivity index (χ0) is 14.0. The molecule has 18 heavy (non-hydrogen) atoms. The van der Waals surface area contributed by atoms with E-state index in [0.717, 1.165) is 11.3 Å². The molecule has 0 fully saturated rings. The Morgan fingerprint density at radius 1 is 0.611 bits per heavy atom. The van der Waals surface area contributed by atoms with Gasteiger partial charge in [-0.25, -0.2) is 0 Å². The zero-order valence-electron chi connectivity index (χ0n) is 13.7. The summed E-state index contributed by atoms with van der Waals surface area (Å²) in [6.07, 6.45) is 11.7. The van der Waals surface area contributed by atoms with E-state index in [2.05, 4.69) is 41.5 Å². The summed E-state index contributed by atoms with van der Waals surface area (Å²) in [7, 11) is 0.642. The number of hydrogen-bond donors (Lipinski definition) is 0. The van der Waals surface area contributed by atoms with E-state index in [4.69, 9.17) is 0 Å². The van der Waals surface area contributed by atoms with E-state index in [1.54, 1.807) is 12.3 Å². The van der Waals surface area contributed by atoms with Crippen LogP contribution < -0.4 is 0 Å². The fourth-order valence-corrected chi connectivity index (χ4v) is 8.90. The van der Waals surface area contributed by atoms with Gasteiger partial charge in [-0.05, 0) is 48.8 Å². The molecular weight excluding hydrogens is 254 g/mol. The van der Waals surface area contributed by atoms with E-state index >= 15 is 0 Å². The lowest BCUT2D eigenvalue weighted by Crippen LogP contribution is -2.10. The molecule has 0 saturated carbocycles. The van der Waals surface area contributed by atoms with Crippen LogP contribution in [0, 0.1) is 0 Å². The standard InChI is InChI=1S/C16H36P2/c1-7-11-17(15(5)9-3)13-14-18(12-8-2)16(6)10-4/h15-16H,7-14H2,1-6H3. The highest BCUT2D eigenvalue weighted by Gasteiger charge is 2.19. The first-order chi connectivity index (χ1) is 8.60. The molecule has 0 radical (unpaired) electrons. The quantitative estimate of drug-likeness (QED) is 0.388. The van der Waals surface area contributed by atoms with Gasteiger partial charge in [0.2, 0.25) is 0 Å². The zero-order valence-corrected chi connectivity index (χ0v) is 15.5. The van der Waals surface area contributed by atoms with E-state index in [-0.39, 0.29) is 0 Å². The monoisotopic (exact) mass is 290 g/mol. The van der Waals surface area contributed by atoms with Crippen LogP contribution in [-0.4, -0.2) is 36.0 Å². The smallest absolute Gasteiger partial charge is 0.0240 e. The minimum absolute atomic E-state index is 0.321. The van der Waals surface area contributed by atoms with Gasteiger partial charge in [-0.3, -0.25) is 0 Å². The van der Waals surface area contributed by atoms with Crippen molar-refractivity contribution in [1.82, 2.24) is 0 Å². The summed E-state index contributed by atoms with van der Waals surface area (Å²) in [5, 5.41) is 0. The molecule has 0 spiro atoms. The van der Waals surface area contributed by atoms with Crippen molar-refractivity contribution >= 4 is 15.8 Å². The van der Waals surface area contributed by atoms with Gasteiger partial charge in [0.1, 0.15) is 0 Å². The normalized spacial score (nSPS) is 18.3. The average molecular weight is 290 g/mol. The highest BCUT2D eigenvalue weighted by atomic mass is 31.1. The van der Waals surface area contributed by atoms with Gasteiger partial charge in [0.15, 0.2) is 0 Å². The van der Waals surface area contributed by atoms with Gasteiger partial charge in [-0.2, -0.15) is 0 Å². The lowest BCUT2D eigenvalue weighted by Gasteiger charge is -2.29. The Balaban J connectivity index is 4.26. The van der Waals surface area contributed by atoms with Crippen molar-refractivity contribution in [2.75, 3.05) is 24.6 Å². The third-order valence-electron chi connectivity index (χ3n) is 4.12. The predicted molar refractivity (Wildman–Crippen MR) is 93.4 cm³/mol. The molecule has 0 aromatic rings. The van der Waals surface area contributed by atoms with Crippen LogP contribution in [0.2, 0.25) is 0 Å². The van der Waals surface area contributed by atoms with Crippen LogP contribution in [0.15, 0.2) is 0 Å². The molecule has 0 bridgehead atoms. The molecule has 2 heteroatoms. The maximum Gasteiger partial charge on any atom is -0.0240 e. The largest absolute Gasteiger partial charge is 0.103 e. The van der Waals surface area contributed by atoms with Gasteiger partial charge in [0, 0.05) is 0 Å². The minimum atomic E-state index is 0.321. The second-order valence-electron chi connectivity index (χ2n) is 5.59. The van der Waals surface area contributed by atoms with Crippen molar-refractivity contribution in [3.05, 3.63) is 0 Å². The third-order valence-corrected chi connectivity index (χ3v) is 11.3. The Labute approximate surface area is 119 Å². The average Bonchev–Trinajstić information content (AvgIpc) is 2.40. The molecular formula is C16H36P2. The first kappa shape index (κ1) is 18.9. The maximum absolute atomic E-state index is 2.49. The molecule has 0 aliphatic carbocycles. The molecule has 0 nitrogen and oxygen atoms in total. The lowest BCUT2D eigenvalue weighted by atomic mass is 10.4. The van der Waals surface area contributed by atoms with Crippen molar-refractivity contribution < 1.29 is 0 Å². The van der Waals surface area contributed by atoms with Gasteiger partial charge in [-0.15, -0.1) is 15.8 Å². The fraction of sp³-hybridized carbons (Fsp3) is 1.00. The Bertz CT molecular complexity index is 162. The lowest BCUT2D eigenvalue weighted by molar-refractivity contribution is 0.873. The Kier molecular flexibility index (Phi) is 12.2. The Hall–Kier alpha value is 0.860. The number of rotatable bonds is 11. The van der Waals surface area contributed by atoms with Gasteiger partial charge in [0.25, 0.3) is 0 Å². The molecule has 110 valence electrons. The molecule has 0 aliphatic heterocycles. The molecule has 0 aromatic carbocycles. The SMILES string of the molecule is CCCP(CCP(CCC)C(C)CC)C(C)CC. The van der Waals surface area contributed by atoms with Crippen molar-refractivity contribution in [2.24, 2.45) is 0 Å². The highest BCUT2D eigenvalue weighted by molar-refractivity contribution is 7.62. The van der Waals surface area contributed by atoms with E-state index in [9.17, 15) is 0 Å². The molecule has 0 rings (SSSR count). The van der Waals surface area contributed by atoms with Crippen molar-refractivity contribution in [3.63, 3.8) is 0 Å². The highest BCUT2D eigenvalue weighted by Crippen LogP contribution is 2.50. The second-order valence-corrected chi connectivity index (χ2v) is 11.5. The van der Waals surface area contributed by atoms with Crippen molar-refractivity contribution in [3.8, 4) is 0 Å². The summed E-state index contributed by atoms with van der Waals surface area (Å²) in [6.45, 7) is 14.5. The van der Waals surface area contributed by atoms with E-state index in [1.165, 1.54) is 38.0 Å². The van der Waals surface area contributed by atoms with Gasteiger partial charge in [-0.1, -0.05) is 54.4 Å². The van der Waals surface area contributed by atoms with E-state index in [1.807, 2.05) is 0 Å². The van der Waals surface area contributed by atoms with Crippen LogP contribution in [-0.2, 0) is 0 Å². The Morgan fingerprint density at radius 3 is 1.17 bits per heavy atom. The van der Waals surface area contributed by atoms with Crippen LogP contribution in [0.25, 0.3) is 0 Å². The molecule has 4 unspecified atom stereocenters. The van der Waals surface area contributed by atoms with Crippen LogP contribution in [0.3, 0.4) is 0 Å². The maximum atomic E-state index is 2.49. The van der Waals surface area contributed by atoms with Crippen LogP contribution in [0.4, 0.5) is 0 Å². The molecule has 0 aliphatic rings. The van der Waals surface area contributed by atoms with Gasteiger partial charge < -0.3 is 0 Å². The third kappa shape index (κ3) is 7.45. The molecule has 0 aromatic heterocycles.